The van der Waals surface area contributed by atoms with Crippen LogP contribution in [0.2, 0.25) is 10.0 Å². The Bertz CT molecular complexity index is 531. The highest BCUT2D eigenvalue weighted by Gasteiger charge is 2.23. The fraction of sp³-hybridized carbons (Fsp3) is 0.533. The first-order valence-electron chi connectivity index (χ1n) is 7.04. The third-order valence-electron chi connectivity index (χ3n) is 3.93. The maximum absolute atomic E-state index is 13.6. The molecule has 6 heteroatoms. The maximum atomic E-state index is 13.6. The first kappa shape index (κ1) is 16.5. The molecule has 1 atom stereocenters. The third-order valence-corrected chi connectivity index (χ3v) is 4.55. The summed E-state index contributed by atoms with van der Waals surface area (Å²) in [5.41, 5.74) is 0.701. The number of carbonyl (C=O) groups is 1. The van der Waals surface area contributed by atoms with Gasteiger partial charge in [-0.2, -0.15) is 0 Å². The molecule has 0 aliphatic carbocycles. The molecular weight excluding hydrogens is 314 g/mol. The minimum atomic E-state index is -0.462. The van der Waals surface area contributed by atoms with Crippen LogP contribution >= 0.6 is 23.2 Å². The van der Waals surface area contributed by atoms with Crippen LogP contribution in [-0.2, 0) is 4.79 Å². The quantitative estimate of drug-likeness (QED) is 0.854. The van der Waals surface area contributed by atoms with Crippen LogP contribution in [-0.4, -0.2) is 29.9 Å². The summed E-state index contributed by atoms with van der Waals surface area (Å²) in [6.45, 7) is 5.05. The van der Waals surface area contributed by atoms with Crippen molar-refractivity contribution in [2.24, 2.45) is 0 Å². The van der Waals surface area contributed by atoms with E-state index in [1.165, 1.54) is 12.1 Å². The molecule has 0 radical (unpaired) electrons. The molecule has 1 N–H and O–H groups in total. The predicted molar refractivity (Wildman–Crippen MR) is 83.2 cm³/mol. The van der Waals surface area contributed by atoms with Crippen LogP contribution in [0.5, 0.6) is 0 Å². The van der Waals surface area contributed by atoms with E-state index in [0.29, 0.717) is 16.6 Å². The lowest BCUT2D eigenvalue weighted by atomic mass is 10.0. The Kier molecular flexibility index (Phi) is 5.47. The number of carbonyl (C=O) groups excluding carboxylic acids is 1. The Morgan fingerprint density at radius 2 is 1.95 bits per heavy atom. The van der Waals surface area contributed by atoms with Crippen molar-refractivity contribution >= 4 is 29.1 Å². The van der Waals surface area contributed by atoms with Crippen molar-refractivity contribution in [2.75, 3.05) is 13.1 Å². The lowest BCUT2D eigenvalue weighted by Crippen LogP contribution is -2.44. The number of hydrogen-bond donors (Lipinski definition) is 1. The Hall–Kier alpha value is -0.840. The molecule has 0 bridgehead atoms. The van der Waals surface area contributed by atoms with E-state index in [4.69, 9.17) is 23.2 Å². The Morgan fingerprint density at radius 1 is 1.33 bits per heavy atom. The summed E-state index contributed by atoms with van der Waals surface area (Å²) in [5.74, 6) is -0.347. The number of rotatable bonds is 3. The molecule has 1 aliphatic heterocycles. The molecule has 1 aromatic carbocycles. The van der Waals surface area contributed by atoms with E-state index in [0.717, 1.165) is 25.9 Å². The van der Waals surface area contributed by atoms with Gasteiger partial charge in [0.2, 0.25) is 5.91 Å². The topological polar surface area (TPSA) is 32.3 Å². The highest BCUT2D eigenvalue weighted by molar-refractivity contribution is 6.35. The highest BCUT2D eigenvalue weighted by Crippen LogP contribution is 2.29. The third kappa shape index (κ3) is 4.09. The van der Waals surface area contributed by atoms with Crippen molar-refractivity contribution in [1.82, 2.24) is 10.2 Å². The van der Waals surface area contributed by atoms with Gasteiger partial charge in [0.05, 0.1) is 5.02 Å². The van der Waals surface area contributed by atoms with Crippen LogP contribution in [0.4, 0.5) is 4.39 Å². The monoisotopic (exact) mass is 332 g/mol. The zero-order valence-corrected chi connectivity index (χ0v) is 13.6. The number of nitrogens with zero attached hydrogens (tertiary/aromatic N) is 1. The van der Waals surface area contributed by atoms with Crippen LogP contribution in [0.25, 0.3) is 0 Å². The number of hydrogen-bond acceptors (Lipinski definition) is 2. The molecule has 3 nitrogen and oxygen atoms in total. The van der Waals surface area contributed by atoms with Crippen LogP contribution in [0.15, 0.2) is 12.1 Å². The smallest absolute Gasteiger partial charge is 0.219 e. The molecule has 0 aromatic heterocycles. The van der Waals surface area contributed by atoms with Gasteiger partial charge in [-0.15, -0.1) is 0 Å². The van der Waals surface area contributed by atoms with Crippen LogP contribution in [0, 0.1) is 5.82 Å². The van der Waals surface area contributed by atoms with Gasteiger partial charge >= 0.3 is 0 Å². The molecule has 116 valence electrons. The zero-order valence-electron chi connectivity index (χ0n) is 12.1. The summed E-state index contributed by atoms with van der Waals surface area (Å²) in [6, 6.07) is 3.04. The van der Waals surface area contributed by atoms with Gasteiger partial charge in [0.15, 0.2) is 0 Å². The van der Waals surface area contributed by atoms with Gasteiger partial charge in [-0.3, -0.25) is 4.79 Å². The molecule has 1 aromatic rings. The van der Waals surface area contributed by atoms with Gasteiger partial charge in [-0.1, -0.05) is 23.2 Å². The second-order valence-corrected chi connectivity index (χ2v) is 6.27. The fourth-order valence-electron chi connectivity index (χ4n) is 2.67. The van der Waals surface area contributed by atoms with Gasteiger partial charge in [0.1, 0.15) is 5.82 Å². The number of amides is 1. The van der Waals surface area contributed by atoms with E-state index in [9.17, 15) is 9.18 Å². The lowest BCUT2D eigenvalue weighted by molar-refractivity contribution is -0.129. The standard InChI is InChI=1S/C15H19Cl2FN2O/c1-9(12-7-15(18)14(17)8-13(12)16)19-11-3-5-20(6-4-11)10(2)21/h7-9,11,19H,3-6H2,1-2H3. The molecule has 1 unspecified atom stereocenters. The first-order chi connectivity index (χ1) is 9.88. The molecule has 1 saturated heterocycles. The van der Waals surface area contributed by atoms with Gasteiger partial charge in [-0.25, -0.2) is 4.39 Å². The summed E-state index contributed by atoms with van der Waals surface area (Å²) >= 11 is 11.8. The summed E-state index contributed by atoms with van der Waals surface area (Å²) in [4.78, 5) is 13.1. The Balaban J connectivity index is 1.98. The molecule has 1 fully saturated rings. The van der Waals surface area contributed by atoms with Crippen molar-refractivity contribution in [3.05, 3.63) is 33.6 Å². The molecule has 0 spiro atoms. The van der Waals surface area contributed by atoms with Crippen molar-refractivity contribution < 1.29 is 9.18 Å². The van der Waals surface area contributed by atoms with Gasteiger partial charge < -0.3 is 10.2 Å². The number of piperidine rings is 1. The zero-order chi connectivity index (χ0) is 15.6. The van der Waals surface area contributed by atoms with Gasteiger partial charge in [0.25, 0.3) is 0 Å². The average molecular weight is 333 g/mol. The van der Waals surface area contributed by atoms with E-state index in [1.54, 1.807) is 6.92 Å². The largest absolute Gasteiger partial charge is 0.343 e. The number of likely N-dealkylation sites (tertiary alicyclic amines) is 1. The van der Waals surface area contributed by atoms with Crippen molar-refractivity contribution in [2.45, 2.75) is 38.8 Å². The Labute approximate surface area is 134 Å². The number of nitrogens with one attached hydrogen (secondary N) is 1. The molecule has 1 heterocycles. The fourth-order valence-corrected chi connectivity index (χ4v) is 3.22. The molecule has 1 amide bonds. The van der Waals surface area contributed by atoms with Crippen molar-refractivity contribution in [1.29, 1.82) is 0 Å². The minimum absolute atomic E-state index is 0.0331. The maximum Gasteiger partial charge on any atom is 0.219 e. The van der Waals surface area contributed by atoms with E-state index in [1.807, 2.05) is 11.8 Å². The molecule has 1 aliphatic rings. The summed E-state index contributed by atoms with van der Waals surface area (Å²) in [7, 11) is 0. The van der Waals surface area contributed by atoms with E-state index < -0.39 is 5.82 Å². The number of benzene rings is 1. The first-order valence-corrected chi connectivity index (χ1v) is 7.80. The van der Waals surface area contributed by atoms with E-state index in [-0.39, 0.29) is 17.0 Å². The van der Waals surface area contributed by atoms with E-state index >= 15 is 0 Å². The van der Waals surface area contributed by atoms with Gasteiger partial charge in [0, 0.05) is 37.1 Å². The minimum Gasteiger partial charge on any atom is -0.343 e. The molecule has 2 rings (SSSR count). The lowest BCUT2D eigenvalue weighted by Gasteiger charge is -2.33. The summed E-state index contributed by atoms with van der Waals surface area (Å²) in [6.07, 6.45) is 1.77. The number of halogens is 3. The molecule has 0 saturated carbocycles. The molecule has 21 heavy (non-hydrogen) atoms. The highest BCUT2D eigenvalue weighted by atomic mass is 35.5. The molecular formula is C15H19Cl2FN2O. The van der Waals surface area contributed by atoms with Gasteiger partial charge in [-0.05, 0) is 37.5 Å². The van der Waals surface area contributed by atoms with Crippen LogP contribution in [0.3, 0.4) is 0 Å². The summed E-state index contributed by atoms with van der Waals surface area (Å²) in [5, 5.41) is 3.94. The Morgan fingerprint density at radius 3 is 2.52 bits per heavy atom. The predicted octanol–water partition coefficient (Wildman–Crippen LogP) is 3.79. The second-order valence-electron chi connectivity index (χ2n) is 5.46. The second kappa shape index (κ2) is 6.95. The summed E-state index contributed by atoms with van der Waals surface area (Å²) < 4.78 is 13.6. The SMILES string of the molecule is CC(=O)N1CCC(NC(C)c2cc(F)c(Cl)cc2Cl)CC1. The van der Waals surface area contributed by atoms with Crippen molar-refractivity contribution in [3.63, 3.8) is 0 Å². The van der Waals surface area contributed by atoms with E-state index in [2.05, 4.69) is 5.32 Å². The normalized spacial score (nSPS) is 17.9. The average Bonchev–Trinajstić information content (AvgIpc) is 2.43. The van der Waals surface area contributed by atoms with Crippen LogP contribution in [0.1, 0.15) is 38.3 Å². The van der Waals surface area contributed by atoms with Crippen LogP contribution < -0.4 is 5.32 Å². The van der Waals surface area contributed by atoms with Crippen molar-refractivity contribution in [3.8, 4) is 0 Å².